The van der Waals surface area contributed by atoms with Crippen molar-refractivity contribution < 1.29 is 19.0 Å². The van der Waals surface area contributed by atoms with Crippen molar-refractivity contribution in [2.24, 2.45) is 7.05 Å². The minimum atomic E-state index is -0.339. The Morgan fingerprint density at radius 1 is 1.18 bits per heavy atom. The number of carbonyl (C=O) groups is 1. The quantitative estimate of drug-likeness (QED) is 0.482. The summed E-state index contributed by atoms with van der Waals surface area (Å²) in [6.45, 7) is 0.392. The van der Waals surface area contributed by atoms with Crippen molar-refractivity contribution in [3.8, 4) is 11.5 Å². The van der Waals surface area contributed by atoms with Crippen molar-refractivity contribution in [1.82, 2.24) is 14.8 Å². The van der Waals surface area contributed by atoms with Gasteiger partial charge in [0.1, 0.15) is 6.61 Å². The highest BCUT2D eigenvalue weighted by Gasteiger charge is 2.27. The van der Waals surface area contributed by atoms with Crippen molar-refractivity contribution in [1.29, 1.82) is 0 Å². The lowest BCUT2D eigenvalue weighted by Gasteiger charge is -2.25. The molecule has 0 amide bonds. The van der Waals surface area contributed by atoms with Gasteiger partial charge in [-0.1, -0.05) is 36.0 Å². The van der Waals surface area contributed by atoms with E-state index in [0.717, 1.165) is 22.3 Å². The van der Waals surface area contributed by atoms with E-state index in [4.69, 9.17) is 14.2 Å². The molecule has 2 heterocycles. The molecule has 0 radical (unpaired) electrons. The largest absolute Gasteiger partial charge is 0.485 e. The average molecular weight is 397 g/mol. The van der Waals surface area contributed by atoms with E-state index in [1.165, 1.54) is 7.11 Å². The van der Waals surface area contributed by atoms with Crippen LogP contribution in [0.15, 0.2) is 53.7 Å². The summed E-state index contributed by atoms with van der Waals surface area (Å²) in [6.07, 6.45) is -0.305. The van der Waals surface area contributed by atoms with E-state index in [1.807, 2.05) is 48.0 Å². The first-order valence-electron chi connectivity index (χ1n) is 8.73. The number of thioether (sulfide) groups is 1. The molecule has 7 nitrogen and oxygen atoms in total. The van der Waals surface area contributed by atoms with Crippen LogP contribution in [0.25, 0.3) is 0 Å². The highest BCUT2D eigenvalue weighted by molar-refractivity contribution is 7.98. The third kappa shape index (κ3) is 3.68. The summed E-state index contributed by atoms with van der Waals surface area (Å²) in [4.78, 5) is 11.5. The second-order valence-electron chi connectivity index (χ2n) is 6.24. The summed E-state index contributed by atoms with van der Waals surface area (Å²) in [7, 11) is 3.29. The SMILES string of the molecule is COC(=O)c1ccc(CSc2nnc([C@H]3COc4ccccc4O3)n2C)cc1. The summed E-state index contributed by atoms with van der Waals surface area (Å²) in [5.74, 6) is 2.54. The molecule has 0 N–H and O–H groups in total. The van der Waals surface area contributed by atoms with E-state index in [1.54, 1.807) is 23.9 Å². The molecule has 0 fully saturated rings. The van der Waals surface area contributed by atoms with Crippen molar-refractivity contribution in [3.05, 3.63) is 65.5 Å². The topological polar surface area (TPSA) is 75.5 Å². The average Bonchev–Trinajstić information content (AvgIpc) is 3.12. The molecular formula is C20H19N3O4S. The third-order valence-electron chi connectivity index (χ3n) is 4.41. The molecule has 0 spiro atoms. The number of methoxy groups -OCH3 is 1. The van der Waals surface area contributed by atoms with Gasteiger partial charge in [0.05, 0.1) is 12.7 Å². The molecule has 0 bridgehead atoms. The van der Waals surface area contributed by atoms with Gasteiger partial charge in [0.2, 0.25) is 0 Å². The van der Waals surface area contributed by atoms with Crippen LogP contribution >= 0.6 is 11.8 Å². The van der Waals surface area contributed by atoms with E-state index in [0.29, 0.717) is 23.7 Å². The van der Waals surface area contributed by atoms with Gasteiger partial charge < -0.3 is 18.8 Å². The van der Waals surface area contributed by atoms with Crippen LogP contribution in [0, 0.1) is 0 Å². The zero-order chi connectivity index (χ0) is 19.5. The van der Waals surface area contributed by atoms with Gasteiger partial charge in [0.25, 0.3) is 0 Å². The number of rotatable bonds is 5. The number of hydrogen-bond acceptors (Lipinski definition) is 7. The van der Waals surface area contributed by atoms with E-state index >= 15 is 0 Å². The monoisotopic (exact) mass is 397 g/mol. The predicted octanol–water partition coefficient (Wildman–Crippen LogP) is 3.41. The van der Waals surface area contributed by atoms with Gasteiger partial charge in [-0.3, -0.25) is 0 Å². The van der Waals surface area contributed by atoms with Gasteiger partial charge in [0, 0.05) is 12.8 Å². The molecule has 1 atom stereocenters. The van der Waals surface area contributed by atoms with Crippen LogP contribution in [-0.2, 0) is 17.5 Å². The first kappa shape index (κ1) is 18.4. The number of nitrogens with zero attached hydrogens (tertiary/aromatic N) is 3. The normalized spacial score (nSPS) is 15.3. The van der Waals surface area contributed by atoms with Crippen LogP contribution in [-0.4, -0.2) is 34.5 Å². The van der Waals surface area contributed by atoms with Gasteiger partial charge in [-0.25, -0.2) is 4.79 Å². The fourth-order valence-electron chi connectivity index (χ4n) is 2.88. The van der Waals surface area contributed by atoms with Crippen LogP contribution < -0.4 is 9.47 Å². The number of hydrogen-bond donors (Lipinski definition) is 0. The van der Waals surface area contributed by atoms with Crippen molar-refractivity contribution in [3.63, 3.8) is 0 Å². The summed E-state index contributed by atoms with van der Waals surface area (Å²) < 4.78 is 18.4. The highest BCUT2D eigenvalue weighted by atomic mass is 32.2. The Morgan fingerprint density at radius 2 is 1.93 bits per heavy atom. The fraction of sp³-hybridized carbons (Fsp3) is 0.250. The molecule has 1 aromatic heterocycles. The van der Waals surface area contributed by atoms with Crippen molar-refractivity contribution >= 4 is 17.7 Å². The molecule has 8 heteroatoms. The Morgan fingerprint density at radius 3 is 2.68 bits per heavy atom. The van der Waals surface area contributed by atoms with Gasteiger partial charge in [-0.2, -0.15) is 0 Å². The fourth-order valence-corrected chi connectivity index (χ4v) is 3.76. The second kappa shape index (κ2) is 7.93. The lowest BCUT2D eigenvalue weighted by atomic mass is 10.1. The Labute approximate surface area is 166 Å². The molecule has 0 saturated carbocycles. The minimum absolute atomic E-state index is 0.305. The van der Waals surface area contributed by atoms with Gasteiger partial charge in [-0.05, 0) is 29.8 Å². The number of benzene rings is 2. The van der Waals surface area contributed by atoms with Crippen LogP contribution in [0.4, 0.5) is 0 Å². The number of ether oxygens (including phenoxy) is 3. The van der Waals surface area contributed by atoms with E-state index in [-0.39, 0.29) is 12.1 Å². The molecule has 1 aliphatic rings. The number of para-hydroxylation sites is 2. The van der Waals surface area contributed by atoms with Crippen LogP contribution in [0.5, 0.6) is 11.5 Å². The molecule has 2 aromatic carbocycles. The Kier molecular flexibility index (Phi) is 5.21. The Hall–Kier alpha value is -3.00. The van der Waals surface area contributed by atoms with E-state index < -0.39 is 0 Å². The molecular weight excluding hydrogens is 378 g/mol. The smallest absolute Gasteiger partial charge is 0.337 e. The summed E-state index contributed by atoms with van der Waals surface area (Å²) in [5.41, 5.74) is 1.61. The molecule has 0 aliphatic carbocycles. The molecule has 3 aromatic rings. The first-order chi connectivity index (χ1) is 13.7. The standard InChI is InChI=1S/C20H19N3O4S/c1-23-18(17-11-26-15-5-3-4-6-16(15)27-17)21-22-20(23)28-12-13-7-9-14(10-8-13)19(24)25-2/h3-10,17H,11-12H2,1-2H3/t17-/m1/s1. The van der Waals surface area contributed by atoms with E-state index in [2.05, 4.69) is 10.2 Å². The van der Waals surface area contributed by atoms with Gasteiger partial charge >= 0.3 is 5.97 Å². The van der Waals surface area contributed by atoms with Crippen LogP contribution in [0.1, 0.15) is 27.8 Å². The Bertz CT molecular complexity index is 987. The first-order valence-corrected chi connectivity index (χ1v) is 9.72. The molecule has 0 saturated heterocycles. The van der Waals surface area contributed by atoms with Gasteiger partial charge in [-0.15, -0.1) is 10.2 Å². The summed E-state index contributed by atoms with van der Waals surface area (Å²) >= 11 is 1.57. The molecule has 0 unspecified atom stereocenters. The molecule has 144 valence electrons. The van der Waals surface area contributed by atoms with Crippen LogP contribution in [0.2, 0.25) is 0 Å². The molecule has 28 heavy (non-hydrogen) atoms. The number of aromatic nitrogens is 3. The lowest BCUT2D eigenvalue weighted by molar-refractivity contribution is 0.0600. The van der Waals surface area contributed by atoms with Crippen LogP contribution in [0.3, 0.4) is 0 Å². The highest BCUT2D eigenvalue weighted by Crippen LogP contribution is 2.36. The third-order valence-corrected chi connectivity index (χ3v) is 5.50. The molecule has 4 rings (SSSR count). The van der Waals surface area contributed by atoms with E-state index in [9.17, 15) is 4.79 Å². The Balaban J connectivity index is 1.42. The maximum absolute atomic E-state index is 11.5. The maximum Gasteiger partial charge on any atom is 0.337 e. The van der Waals surface area contributed by atoms with Gasteiger partial charge in [0.15, 0.2) is 28.6 Å². The zero-order valence-corrected chi connectivity index (χ0v) is 16.3. The summed E-state index contributed by atoms with van der Waals surface area (Å²) in [6, 6.07) is 14.9. The second-order valence-corrected chi connectivity index (χ2v) is 7.18. The zero-order valence-electron chi connectivity index (χ0n) is 15.5. The number of carbonyl (C=O) groups excluding carboxylic acids is 1. The number of esters is 1. The predicted molar refractivity (Wildman–Crippen MR) is 104 cm³/mol. The minimum Gasteiger partial charge on any atom is -0.485 e. The number of fused-ring (bicyclic) bond motifs is 1. The molecule has 1 aliphatic heterocycles. The maximum atomic E-state index is 11.5. The lowest BCUT2D eigenvalue weighted by Crippen LogP contribution is -2.24. The van der Waals surface area contributed by atoms with Crippen molar-refractivity contribution in [2.75, 3.05) is 13.7 Å². The summed E-state index contributed by atoms with van der Waals surface area (Å²) in [5, 5.41) is 9.37. The van der Waals surface area contributed by atoms with Crippen molar-refractivity contribution in [2.45, 2.75) is 17.0 Å².